The van der Waals surface area contributed by atoms with Crippen molar-refractivity contribution in [2.75, 3.05) is 6.61 Å². The smallest absolute Gasteiger partial charge is 0.271 e. The minimum absolute atomic E-state index is 0.106. The predicted octanol–water partition coefficient (Wildman–Crippen LogP) is 0.541. The summed E-state index contributed by atoms with van der Waals surface area (Å²) in [6.07, 6.45) is 4.04. The van der Waals surface area contributed by atoms with Crippen LogP contribution in [0.4, 0.5) is 0 Å². The Morgan fingerprint density at radius 2 is 2.21 bits per heavy atom. The van der Waals surface area contributed by atoms with Crippen molar-refractivity contribution in [2.45, 2.75) is 38.0 Å². The minimum Gasteiger partial charge on any atom is -0.493 e. The van der Waals surface area contributed by atoms with Gasteiger partial charge in [-0.15, -0.1) is 0 Å². The maximum absolute atomic E-state index is 12.5. The van der Waals surface area contributed by atoms with Crippen molar-refractivity contribution in [1.29, 1.82) is 0 Å². The van der Waals surface area contributed by atoms with Gasteiger partial charge in [-0.05, 0) is 30.0 Å². The number of nitrogens with one attached hydrogen (secondary N) is 2. The van der Waals surface area contributed by atoms with Gasteiger partial charge in [-0.25, -0.2) is 4.98 Å². The highest BCUT2D eigenvalue weighted by Gasteiger charge is 2.37. The van der Waals surface area contributed by atoms with Crippen LogP contribution in [0.2, 0.25) is 0 Å². The van der Waals surface area contributed by atoms with E-state index >= 15 is 0 Å². The third kappa shape index (κ3) is 3.87. The van der Waals surface area contributed by atoms with Gasteiger partial charge in [0.2, 0.25) is 5.91 Å². The molecule has 3 N–H and O–H groups in total. The summed E-state index contributed by atoms with van der Waals surface area (Å²) in [6, 6.07) is 5.49. The molecule has 1 saturated carbocycles. The van der Waals surface area contributed by atoms with Crippen LogP contribution < -0.4 is 15.4 Å². The number of hydrogen-bond acceptors (Lipinski definition) is 5. The third-order valence-electron chi connectivity index (χ3n) is 5.37. The first-order chi connectivity index (χ1) is 13.5. The van der Waals surface area contributed by atoms with Crippen LogP contribution in [0.3, 0.4) is 0 Å². The zero-order chi connectivity index (χ0) is 19.7. The Labute approximate surface area is 162 Å². The Hall–Kier alpha value is -2.87. The van der Waals surface area contributed by atoms with Gasteiger partial charge in [0.05, 0.1) is 25.1 Å². The largest absolute Gasteiger partial charge is 0.493 e. The number of ether oxygens (including phenoxy) is 1. The molecule has 1 fully saturated rings. The fourth-order valence-corrected chi connectivity index (χ4v) is 3.84. The molecule has 8 heteroatoms. The minimum atomic E-state index is -0.749. The van der Waals surface area contributed by atoms with E-state index in [0.717, 1.165) is 17.7 Å². The van der Waals surface area contributed by atoms with Crippen LogP contribution in [0.25, 0.3) is 0 Å². The number of nitrogens with zero attached hydrogens (tertiary/aromatic N) is 2. The lowest BCUT2D eigenvalue weighted by atomic mass is 10.1. The molecule has 0 bridgehead atoms. The van der Waals surface area contributed by atoms with Crippen LogP contribution in [0, 0.1) is 5.92 Å². The van der Waals surface area contributed by atoms with Gasteiger partial charge in [-0.3, -0.25) is 9.59 Å². The van der Waals surface area contributed by atoms with Gasteiger partial charge in [-0.2, -0.15) is 0 Å². The summed E-state index contributed by atoms with van der Waals surface area (Å²) in [4.78, 5) is 28.8. The summed E-state index contributed by atoms with van der Waals surface area (Å²) in [7, 11) is 1.78. The first kappa shape index (κ1) is 18.5. The number of aliphatic hydroxyl groups is 1. The van der Waals surface area contributed by atoms with Gasteiger partial charge in [0.25, 0.3) is 5.91 Å². The second-order valence-corrected chi connectivity index (χ2v) is 7.50. The Kier molecular flexibility index (Phi) is 5.04. The van der Waals surface area contributed by atoms with Gasteiger partial charge in [-0.1, -0.05) is 12.1 Å². The quantitative estimate of drug-likeness (QED) is 0.698. The highest BCUT2D eigenvalue weighted by molar-refractivity contribution is 5.92. The topological polar surface area (TPSA) is 105 Å². The summed E-state index contributed by atoms with van der Waals surface area (Å²) in [5.74, 6) is 0.138. The molecular formula is C20H24N4O4. The van der Waals surface area contributed by atoms with Crippen LogP contribution >= 0.6 is 0 Å². The summed E-state index contributed by atoms with van der Waals surface area (Å²) in [6.45, 7) is 1.14. The molecule has 4 rings (SSSR count). The highest BCUT2D eigenvalue weighted by Crippen LogP contribution is 2.28. The molecule has 1 aromatic carbocycles. The summed E-state index contributed by atoms with van der Waals surface area (Å²) < 4.78 is 7.18. The normalized spacial score (nSPS) is 23.1. The van der Waals surface area contributed by atoms with E-state index < -0.39 is 12.1 Å². The molecule has 2 heterocycles. The van der Waals surface area contributed by atoms with Crippen molar-refractivity contribution < 1.29 is 19.4 Å². The molecule has 148 valence electrons. The number of hydrogen-bond donors (Lipinski definition) is 3. The molecule has 3 atom stereocenters. The number of imidazole rings is 1. The number of aromatic nitrogens is 2. The number of aryl methyl sites for hydroxylation is 1. The Balaban J connectivity index is 1.30. The molecule has 2 aromatic rings. The van der Waals surface area contributed by atoms with Crippen LogP contribution in [0.5, 0.6) is 5.75 Å². The Morgan fingerprint density at radius 1 is 1.36 bits per heavy atom. The van der Waals surface area contributed by atoms with Crippen molar-refractivity contribution in [3.05, 3.63) is 47.5 Å². The zero-order valence-electron chi connectivity index (χ0n) is 15.7. The van der Waals surface area contributed by atoms with E-state index in [0.29, 0.717) is 31.7 Å². The average molecular weight is 384 g/mol. The molecule has 1 aliphatic heterocycles. The zero-order valence-corrected chi connectivity index (χ0v) is 15.7. The molecule has 0 saturated heterocycles. The second kappa shape index (κ2) is 7.63. The van der Waals surface area contributed by atoms with Crippen LogP contribution in [-0.4, -0.2) is 45.2 Å². The van der Waals surface area contributed by atoms with Crippen molar-refractivity contribution in [3.63, 3.8) is 0 Å². The molecule has 1 aromatic heterocycles. The van der Waals surface area contributed by atoms with Gasteiger partial charge in [0.15, 0.2) is 0 Å². The number of rotatable bonds is 5. The first-order valence-corrected chi connectivity index (χ1v) is 9.49. The van der Waals surface area contributed by atoms with Gasteiger partial charge in [0, 0.05) is 32.1 Å². The number of amides is 2. The molecule has 0 radical (unpaired) electrons. The van der Waals surface area contributed by atoms with Crippen LogP contribution in [-0.2, 0) is 24.8 Å². The Morgan fingerprint density at radius 3 is 3.00 bits per heavy atom. The molecule has 28 heavy (non-hydrogen) atoms. The lowest BCUT2D eigenvalue weighted by Crippen LogP contribution is -2.40. The molecule has 1 aliphatic carbocycles. The van der Waals surface area contributed by atoms with E-state index in [1.165, 1.54) is 5.56 Å². The average Bonchev–Trinajstić information content (AvgIpc) is 3.40. The van der Waals surface area contributed by atoms with E-state index in [1.54, 1.807) is 24.1 Å². The Bertz CT molecular complexity index is 894. The monoisotopic (exact) mass is 384 g/mol. The summed E-state index contributed by atoms with van der Waals surface area (Å²) in [5, 5.41) is 16.0. The number of benzene rings is 1. The van der Waals surface area contributed by atoms with Crippen LogP contribution in [0.1, 0.15) is 34.5 Å². The van der Waals surface area contributed by atoms with Crippen molar-refractivity contribution in [1.82, 2.24) is 20.2 Å². The van der Waals surface area contributed by atoms with E-state index in [4.69, 9.17) is 4.74 Å². The molecule has 2 aliphatic rings. The van der Waals surface area contributed by atoms with Gasteiger partial charge >= 0.3 is 0 Å². The highest BCUT2D eigenvalue weighted by atomic mass is 16.5. The number of carbonyl (C=O) groups excluding carboxylic acids is 2. The van der Waals surface area contributed by atoms with Gasteiger partial charge in [0.1, 0.15) is 11.4 Å². The molecule has 0 unspecified atom stereocenters. The lowest BCUT2D eigenvalue weighted by molar-refractivity contribution is -0.125. The molecule has 0 spiro atoms. The SMILES string of the molecule is Cn1cnc(C(=O)N[C@H]2C[C@H](C(=O)NCc3ccc4c(c3)CCO4)C[C@@H]2O)c1. The summed E-state index contributed by atoms with van der Waals surface area (Å²) in [5.41, 5.74) is 2.49. The predicted molar refractivity (Wildman–Crippen MR) is 101 cm³/mol. The summed E-state index contributed by atoms with van der Waals surface area (Å²) >= 11 is 0. The van der Waals surface area contributed by atoms with E-state index in [1.807, 2.05) is 12.1 Å². The van der Waals surface area contributed by atoms with E-state index in [2.05, 4.69) is 21.7 Å². The lowest BCUT2D eigenvalue weighted by Gasteiger charge is -2.15. The second-order valence-electron chi connectivity index (χ2n) is 7.50. The maximum atomic E-state index is 12.5. The number of fused-ring (bicyclic) bond motifs is 1. The van der Waals surface area contributed by atoms with Gasteiger partial charge < -0.3 is 25.0 Å². The third-order valence-corrected chi connectivity index (χ3v) is 5.37. The van der Waals surface area contributed by atoms with Crippen LogP contribution in [0.15, 0.2) is 30.7 Å². The molecular weight excluding hydrogens is 360 g/mol. The molecule has 2 amide bonds. The number of carbonyl (C=O) groups is 2. The fourth-order valence-electron chi connectivity index (χ4n) is 3.84. The van der Waals surface area contributed by atoms with E-state index in [-0.39, 0.29) is 17.7 Å². The van der Waals surface area contributed by atoms with Crippen molar-refractivity contribution >= 4 is 11.8 Å². The fraction of sp³-hybridized carbons (Fsp3) is 0.450. The standard InChI is InChI=1S/C20H24N4O4/c1-24-10-16(22-11-24)20(27)23-15-7-14(8-17(15)25)19(26)21-9-12-2-3-18-13(6-12)4-5-28-18/h2-3,6,10-11,14-15,17,25H,4-5,7-9H2,1H3,(H,21,26)(H,23,27)/t14-,15-,17-/m0/s1. The van der Waals surface area contributed by atoms with Crippen molar-refractivity contribution in [3.8, 4) is 5.75 Å². The number of aliphatic hydroxyl groups excluding tert-OH is 1. The first-order valence-electron chi connectivity index (χ1n) is 9.49. The van der Waals surface area contributed by atoms with E-state index in [9.17, 15) is 14.7 Å². The molecule has 8 nitrogen and oxygen atoms in total. The maximum Gasteiger partial charge on any atom is 0.271 e. The van der Waals surface area contributed by atoms with Crippen molar-refractivity contribution in [2.24, 2.45) is 13.0 Å².